The van der Waals surface area contributed by atoms with E-state index in [2.05, 4.69) is 15.0 Å². The Hall–Kier alpha value is -3.94. The van der Waals surface area contributed by atoms with Gasteiger partial charge >= 0.3 is 12.7 Å². The standard InChI is InChI=1S/C28H37F2N5O7/c1-15(32-27(38)42-28(2,3)4)22-21(25(37)35-11-10-34(5)13-18(35)23(31)36)33-24(41-22)17-8-9-19(40-26(29)30)20(12-17)39-14-16-6-7-16/h8-9,12,15-16,18,26H,6-7,10-11,13-14H2,1-5H3,(H2,31,36)(H,32,38)/t15-,18?/m0/s1. The highest BCUT2D eigenvalue weighted by molar-refractivity contribution is 5.97. The quantitative estimate of drug-likeness (QED) is 0.422. The molecule has 14 heteroatoms. The van der Waals surface area contributed by atoms with Gasteiger partial charge in [-0.2, -0.15) is 8.78 Å². The fraction of sp³-hybridized carbons (Fsp3) is 0.571. The van der Waals surface area contributed by atoms with Gasteiger partial charge in [-0.15, -0.1) is 0 Å². The molecule has 2 aromatic rings. The molecular weight excluding hydrogens is 556 g/mol. The minimum Gasteiger partial charge on any atom is -0.489 e. The molecule has 2 aliphatic rings. The number of alkyl halides is 2. The second kappa shape index (κ2) is 12.5. The van der Waals surface area contributed by atoms with Gasteiger partial charge in [0, 0.05) is 25.2 Å². The second-order valence-electron chi connectivity index (χ2n) is 11.6. The number of nitrogens with one attached hydrogen (secondary N) is 1. The molecule has 1 saturated carbocycles. The molecule has 12 nitrogen and oxygen atoms in total. The molecule has 3 amide bonds. The van der Waals surface area contributed by atoms with Gasteiger partial charge in [0.2, 0.25) is 11.8 Å². The summed E-state index contributed by atoms with van der Waals surface area (Å²) < 4.78 is 47.8. The van der Waals surface area contributed by atoms with Crippen LogP contribution in [0, 0.1) is 5.92 Å². The smallest absolute Gasteiger partial charge is 0.408 e. The van der Waals surface area contributed by atoms with E-state index in [1.54, 1.807) is 27.7 Å². The molecule has 0 bridgehead atoms. The van der Waals surface area contributed by atoms with E-state index >= 15 is 0 Å². The molecular formula is C28H37F2N5O7. The number of rotatable bonds is 10. The lowest BCUT2D eigenvalue weighted by molar-refractivity contribution is -0.124. The molecule has 3 N–H and O–H groups in total. The Kier molecular flexibility index (Phi) is 9.24. The third kappa shape index (κ3) is 7.87. The highest BCUT2D eigenvalue weighted by atomic mass is 19.3. The third-order valence-electron chi connectivity index (χ3n) is 6.73. The molecule has 2 heterocycles. The summed E-state index contributed by atoms with van der Waals surface area (Å²) in [4.78, 5) is 46.3. The van der Waals surface area contributed by atoms with E-state index in [1.807, 2.05) is 11.9 Å². The van der Waals surface area contributed by atoms with Crippen molar-refractivity contribution in [2.45, 2.75) is 64.8 Å². The Bertz CT molecular complexity index is 1310. The predicted octanol–water partition coefficient (Wildman–Crippen LogP) is 3.56. The number of carbonyl (C=O) groups excluding carboxylic acids is 3. The maximum atomic E-state index is 13.8. The maximum Gasteiger partial charge on any atom is 0.408 e. The SMILES string of the molecule is C[C@H](NC(=O)OC(C)(C)C)c1oc(-c2ccc(OC(F)F)c(OCC3CC3)c2)nc1C(=O)N1CCN(C)CC1C(N)=O. The van der Waals surface area contributed by atoms with Gasteiger partial charge in [0.15, 0.2) is 23.0 Å². The van der Waals surface area contributed by atoms with Gasteiger partial charge in [0.05, 0.1) is 12.6 Å². The average molecular weight is 594 g/mol. The van der Waals surface area contributed by atoms with Crippen molar-refractivity contribution in [3.8, 4) is 23.0 Å². The normalized spacial score (nSPS) is 18.5. The summed E-state index contributed by atoms with van der Waals surface area (Å²) in [6.45, 7) is 4.92. The Labute approximate surface area is 242 Å². The fourth-order valence-electron chi connectivity index (χ4n) is 4.43. The zero-order chi connectivity index (χ0) is 30.8. The van der Waals surface area contributed by atoms with E-state index in [0.717, 1.165) is 12.8 Å². The number of primary amides is 1. The number of hydrogen-bond donors (Lipinski definition) is 2. The van der Waals surface area contributed by atoms with Crippen LogP contribution in [0.3, 0.4) is 0 Å². The summed E-state index contributed by atoms with van der Waals surface area (Å²) in [5, 5.41) is 2.65. The molecule has 0 spiro atoms. The lowest BCUT2D eigenvalue weighted by Gasteiger charge is -2.38. The Morgan fingerprint density at radius 3 is 2.52 bits per heavy atom. The van der Waals surface area contributed by atoms with Crippen molar-refractivity contribution in [3.63, 3.8) is 0 Å². The summed E-state index contributed by atoms with van der Waals surface area (Å²) in [5.41, 5.74) is 5.02. The largest absolute Gasteiger partial charge is 0.489 e. The molecule has 42 heavy (non-hydrogen) atoms. The van der Waals surface area contributed by atoms with E-state index in [1.165, 1.54) is 23.1 Å². The molecule has 1 aliphatic heterocycles. The second-order valence-corrected chi connectivity index (χ2v) is 11.6. The number of piperazine rings is 1. The first-order valence-electron chi connectivity index (χ1n) is 13.7. The van der Waals surface area contributed by atoms with Crippen LogP contribution in [0.2, 0.25) is 0 Å². The van der Waals surface area contributed by atoms with Crippen molar-refractivity contribution in [1.82, 2.24) is 20.1 Å². The molecule has 1 aromatic carbocycles. The molecule has 1 aliphatic carbocycles. The van der Waals surface area contributed by atoms with Crippen LogP contribution in [0.4, 0.5) is 13.6 Å². The highest BCUT2D eigenvalue weighted by Gasteiger charge is 2.37. The zero-order valence-electron chi connectivity index (χ0n) is 24.3. The van der Waals surface area contributed by atoms with Crippen LogP contribution in [0.1, 0.15) is 62.8 Å². The molecule has 0 radical (unpaired) electrons. The van der Waals surface area contributed by atoms with Gasteiger partial charge in [0.25, 0.3) is 5.91 Å². The van der Waals surface area contributed by atoms with Crippen LogP contribution in [0.25, 0.3) is 11.5 Å². The zero-order valence-corrected chi connectivity index (χ0v) is 24.3. The van der Waals surface area contributed by atoms with E-state index < -0.39 is 42.2 Å². The van der Waals surface area contributed by atoms with Gasteiger partial charge in [-0.25, -0.2) is 9.78 Å². The van der Waals surface area contributed by atoms with Gasteiger partial charge in [0.1, 0.15) is 11.6 Å². The molecule has 4 rings (SSSR count). The van der Waals surface area contributed by atoms with Gasteiger partial charge in [-0.3, -0.25) is 9.59 Å². The number of carbonyl (C=O) groups is 3. The van der Waals surface area contributed by atoms with Crippen LogP contribution < -0.4 is 20.5 Å². The summed E-state index contributed by atoms with van der Waals surface area (Å²) >= 11 is 0. The first-order chi connectivity index (χ1) is 19.7. The fourth-order valence-corrected chi connectivity index (χ4v) is 4.43. The van der Waals surface area contributed by atoms with Crippen LogP contribution in [-0.4, -0.2) is 84.2 Å². The lowest BCUT2D eigenvalue weighted by atomic mass is 10.1. The summed E-state index contributed by atoms with van der Waals surface area (Å²) in [6, 6.07) is 2.40. The topological polar surface area (TPSA) is 149 Å². The third-order valence-corrected chi connectivity index (χ3v) is 6.73. The summed E-state index contributed by atoms with van der Waals surface area (Å²) in [6.07, 6.45) is 1.23. The number of aromatic nitrogens is 1. The summed E-state index contributed by atoms with van der Waals surface area (Å²) in [5.74, 6) is -1.05. The van der Waals surface area contributed by atoms with Crippen molar-refractivity contribution in [1.29, 1.82) is 0 Å². The summed E-state index contributed by atoms with van der Waals surface area (Å²) in [7, 11) is 1.81. The number of amides is 3. The van der Waals surface area contributed by atoms with E-state index in [4.69, 9.17) is 19.6 Å². The van der Waals surface area contributed by atoms with Gasteiger partial charge < -0.3 is 39.5 Å². The Morgan fingerprint density at radius 1 is 1.19 bits per heavy atom. The van der Waals surface area contributed by atoms with Crippen molar-refractivity contribution >= 4 is 17.9 Å². The number of oxazole rings is 1. The van der Waals surface area contributed by atoms with Crippen molar-refractivity contribution < 1.29 is 41.8 Å². The van der Waals surface area contributed by atoms with Crippen LogP contribution in [0.15, 0.2) is 22.6 Å². The number of nitrogens with zero attached hydrogens (tertiary/aromatic N) is 3. The number of nitrogens with two attached hydrogens (primary N) is 1. The van der Waals surface area contributed by atoms with Gasteiger partial charge in [-0.1, -0.05) is 0 Å². The monoisotopic (exact) mass is 593 g/mol. The minimum absolute atomic E-state index is 0.0105. The first kappa shape index (κ1) is 31.0. The number of likely N-dealkylation sites (N-methyl/N-ethyl adjacent to an activating group) is 1. The van der Waals surface area contributed by atoms with Crippen molar-refractivity contribution in [3.05, 3.63) is 29.7 Å². The molecule has 2 fully saturated rings. The highest BCUT2D eigenvalue weighted by Crippen LogP contribution is 2.37. The van der Waals surface area contributed by atoms with E-state index in [-0.39, 0.29) is 41.9 Å². The van der Waals surface area contributed by atoms with E-state index in [9.17, 15) is 23.2 Å². The number of ether oxygens (including phenoxy) is 3. The number of benzene rings is 1. The number of alkyl carbamates (subject to hydrolysis) is 1. The van der Waals surface area contributed by atoms with E-state index in [0.29, 0.717) is 24.6 Å². The van der Waals surface area contributed by atoms with Crippen LogP contribution in [-0.2, 0) is 9.53 Å². The maximum absolute atomic E-state index is 13.8. The average Bonchev–Trinajstić information content (AvgIpc) is 3.61. The minimum atomic E-state index is -3.06. The van der Waals surface area contributed by atoms with Crippen LogP contribution >= 0.6 is 0 Å². The number of hydrogen-bond acceptors (Lipinski definition) is 9. The molecule has 2 atom stereocenters. The van der Waals surface area contributed by atoms with Crippen molar-refractivity contribution in [2.24, 2.45) is 11.7 Å². The molecule has 1 unspecified atom stereocenters. The van der Waals surface area contributed by atoms with Gasteiger partial charge in [-0.05, 0) is 71.7 Å². The molecule has 230 valence electrons. The van der Waals surface area contributed by atoms with Crippen molar-refractivity contribution in [2.75, 3.05) is 33.3 Å². The molecule has 1 aromatic heterocycles. The Balaban J connectivity index is 1.71. The molecule has 1 saturated heterocycles. The predicted molar refractivity (Wildman–Crippen MR) is 146 cm³/mol. The Morgan fingerprint density at radius 2 is 1.90 bits per heavy atom. The lowest BCUT2D eigenvalue weighted by Crippen LogP contribution is -2.59. The number of halogens is 2. The van der Waals surface area contributed by atoms with Crippen LogP contribution in [0.5, 0.6) is 11.5 Å². The first-order valence-corrected chi connectivity index (χ1v) is 13.7.